The Morgan fingerprint density at radius 1 is 1.06 bits per heavy atom. The predicted molar refractivity (Wildman–Crippen MR) is 134 cm³/mol. The molecular weight excluding hydrogens is 434 g/mol. The van der Waals surface area contributed by atoms with Crippen LogP contribution in [-0.2, 0) is 12.8 Å². The van der Waals surface area contributed by atoms with Crippen molar-refractivity contribution in [2.24, 2.45) is 0 Å². The monoisotopic (exact) mass is 459 g/mol. The van der Waals surface area contributed by atoms with Crippen LogP contribution in [0.25, 0.3) is 0 Å². The van der Waals surface area contributed by atoms with E-state index in [0.29, 0.717) is 5.56 Å². The van der Waals surface area contributed by atoms with Crippen molar-refractivity contribution in [1.29, 1.82) is 0 Å². The molecule has 0 bridgehead atoms. The molecular formula is C26H25N3OS2. The molecule has 5 rings (SSSR count). The van der Waals surface area contributed by atoms with E-state index in [2.05, 4.69) is 46.1 Å². The summed E-state index contributed by atoms with van der Waals surface area (Å²) in [5, 5.41) is 9.98. The Morgan fingerprint density at radius 3 is 2.69 bits per heavy atom. The van der Waals surface area contributed by atoms with Gasteiger partial charge in [0, 0.05) is 27.1 Å². The van der Waals surface area contributed by atoms with E-state index in [1.807, 2.05) is 42.6 Å². The number of thiophene rings is 2. The van der Waals surface area contributed by atoms with Crippen LogP contribution < -0.4 is 10.6 Å². The summed E-state index contributed by atoms with van der Waals surface area (Å²) in [5.74, 6) is 0.781. The fourth-order valence-electron chi connectivity index (χ4n) is 4.26. The Hall–Kier alpha value is -2.96. The summed E-state index contributed by atoms with van der Waals surface area (Å²) < 4.78 is 0. The van der Waals surface area contributed by atoms with Crippen LogP contribution in [0, 0.1) is 6.92 Å². The van der Waals surface area contributed by atoms with E-state index in [4.69, 9.17) is 0 Å². The molecule has 3 aromatic heterocycles. The van der Waals surface area contributed by atoms with Crippen molar-refractivity contribution in [3.8, 4) is 0 Å². The number of aryl methyl sites for hydroxylation is 2. The zero-order valence-corrected chi connectivity index (χ0v) is 19.6. The standard InChI is InChI=1S/C26H25N3OS2/c1-17-13-14-27-22(16-17)28-24(21-12-7-15-31-21)23-19-10-5-6-11-20(19)32-26(23)29-25(30)18-8-3-2-4-9-18/h2-4,7-9,12-16,24H,5-6,10-11H2,1H3,(H,27,28)(H,29,30). The van der Waals surface area contributed by atoms with Crippen molar-refractivity contribution in [3.63, 3.8) is 0 Å². The topological polar surface area (TPSA) is 54.0 Å². The van der Waals surface area contributed by atoms with Gasteiger partial charge in [-0.25, -0.2) is 4.98 Å². The van der Waals surface area contributed by atoms with Gasteiger partial charge in [0.25, 0.3) is 5.91 Å². The van der Waals surface area contributed by atoms with Gasteiger partial charge in [-0.3, -0.25) is 4.79 Å². The second-order valence-electron chi connectivity index (χ2n) is 8.09. The number of anilines is 2. The molecule has 0 spiro atoms. The van der Waals surface area contributed by atoms with Gasteiger partial charge in [-0.15, -0.1) is 22.7 Å². The van der Waals surface area contributed by atoms with Crippen molar-refractivity contribution >= 4 is 39.4 Å². The van der Waals surface area contributed by atoms with E-state index < -0.39 is 0 Å². The number of aromatic nitrogens is 1. The Morgan fingerprint density at radius 2 is 1.91 bits per heavy atom. The fourth-order valence-corrected chi connectivity index (χ4v) is 6.36. The second kappa shape index (κ2) is 9.27. The highest BCUT2D eigenvalue weighted by atomic mass is 32.1. The van der Waals surface area contributed by atoms with Gasteiger partial charge in [0.2, 0.25) is 0 Å². The van der Waals surface area contributed by atoms with Crippen molar-refractivity contribution in [1.82, 2.24) is 4.98 Å². The number of benzene rings is 1. The van der Waals surface area contributed by atoms with E-state index >= 15 is 0 Å². The number of rotatable bonds is 6. The van der Waals surface area contributed by atoms with Crippen LogP contribution in [0.3, 0.4) is 0 Å². The van der Waals surface area contributed by atoms with Gasteiger partial charge < -0.3 is 10.6 Å². The Bertz CT molecular complexity index is 1220. The SMILES string of the molecule is Cc1ccnc(NC(c2cccs2)c2c(NC(=O)c3ccccc3)sc3c2CCCC3)c1. The quantitative estimate of drug-likeness (QED) is 0.332. The highest BCUT2D eigenvalue weighted by Gasteiger charge is 2.29. The molecule has 6 heteroatoms. The first kappa shape index (κ1) is 20.9. The smallest absolute Gasteiger partial charge is 0.256 e. The molecule has 0 aliphatic heterocycles. The molecule has 1 aromatic carbocycles. The van der Waals surface area contributed by atoms with Gasteiger partial charge in [0.1, 0.15) is 10.8 Å². The highest BCUT2D eigenvalue weighted by Crippen LogP contribution is 2.45. The van der Waals surface area contributed by atoms with E-state index in [1.54, 1.807) is 22.7 Å². The molecule has 162 valence electrons. The predicted octanol–water partition coefficient (Wildman–Crippen LogP) is 6.85. The molecule has 3 heterocycles. The summed E-state index contributed by atoms with van der Waals surface area (Å²) in [6.07, 6.45) is 6.35. The lowest BCUT2D eigenvalue weighted by Crippen LogP contribution is -2.18. The summed E-state index contributed by atoms with van der Waals surface area (Å²) >= 11 is 3.47. The van der Waals surface area contributed by atoms with Crippen LogP contribution in [0.5, 0.6) is 0 Å². The number of fused-ring (bicyclic) bond motifs is 1. The number of carbonyl (C=O) groups is 1. The van der Waals surface area contributed by atoms with Gasteiger partial charge in [-0.1, -0.05) is 24.3 Å². The van der Waals surface area contributed by atoms with Crippen molar-refractivity contribution in [2.45, 2.75) is 38.6 Å². The molecule has 32 heavy (non-hydrogen) atoms. The highest BCUT2D eigenvalue weighted by molar-refractivity contribution is 7.16. The van der Waals surface area contributed by atoms with Crippen LogP contribution in [0.1, 0.15) is 55.7 Å². The molecule has 0 saturated carbocycles. The minimum Gasteiger partial charge on any atom is -0.358 e. The molecule has 0 radical (unpaired) electrons. The Labute approximate surface area is 196 Å². The number of amides is 1. The van der Waals surface area contributed by atoms with E-state index in [9.17, 15) is 4.79 Å². The number of pyridine rings is 1. The summed E-state index contributed by atoms with van der Waals surface area (Å²) in [7, 11) is 0. The Kier molecular flexibility index (Phi) is 6.06. The van der Waals surface area contributed by atoms with Crippen LogP contribution in [0.15, 0.2) is 66.2 Å². The van der Waals surface area contributed by atoms with Crippen molar-refractivity contribution in [2.75, 3.05) is 10.6 Å². The number of hydrogen-bond acceptors (Lipinski definition) is 5. The van der Waals surface area contributed by atoms with Gasteiger partial charge in [0.15, 0.2) is 0 Å². The normalized spacial score (nSPS) is 13.9. The van der Waals surface area contributed by atoms with Crippen molar-refractivity contribution in [3.05, 3.63) is 98.2 Å². The number of carbonyl (C=O) groups excluding carboxylic acids is 1. The zero-order chi connectivity index (χ0) is 21.9. The maximum absolute atomic E-state index is 13.1. The summed E-state index contributed by atoms with van der Waals surface area (Å²) in [4.78, 5) is 20.2. The second-order valence-corrected chi connectivity index (χ2v) is 10.2. The van der Waals surface area contributed by atoms with Gasteiger partial charge >= 0.3 is 0 Å². The van der Waals surface area contributed by atoms with Gasteiger partial charge in [-0.2, -0.15) is 0 Å². The van der Waals surface area contributed by atoms with Gasteiger partial charge in [-0.05, 0) is 79.4 Å². The third kappa shape index (κ3) is 4.33. The number of nitrogens with zero attached hydrogens (tertiary/aromatic N) is 1. The summed E-state index contributed by atoms with van der Waals surface area (Å²) in [6, 6.07) is 17.7. The fraction of sp³-hybridized carbons (Fsp3) is 0.231. The van der Waals surface area contributed by atoms with Crippen molar-refractivity contribution < 1.29 is 4.79 Å². The largest absolute Gasteiger partial charge is 0.358 e. The molecule has 4 aromatic rings. The molecule has 0 fully saturated rings. The first-order chi connectivity index (χ1) is 15.7. The average Bonchev–Trinajstić information content (AvgIpc) is 3.46. The lowest BCUT2D eigenvalue weighted by molar-refractivity contribution is 0.102. The minimum absolute atomic E-state index is 0.0616. The molecule has 2 N–H and O–H groups in total. The number of nitrogens with one attached hydrogen (secondary N) is 2. The minimum atomic E-state index is -0.0657. The van der Waals surface area contributed by atoms with Crippen LogP contribution in [0.4, 0.5) is 10.8 Å². The molecule has 0 saturated heterocycles. The summed E-state index contributed by atoms with van der Waals surface area (Å²) in [6.45, 7) is 2.07. The molecule has 4 nitrogen and oxygen atoms in total. The lowest BCUT2D eigenvalue weighted by Gasteiger charge is -2.23. The molecule has 1 atom stereocenters. The molecule has 1 aliphatic carbocycles. The van der Waals surface area contributed by atoms with E-state index in [-0.39, 0.29) is 11.9 Å². The third-order valence-electron chi connectivity index (χ3n) is 5.80. The molecule has 1 aliphatic rings. The maximum atomic E-state index is 13.1. The van der Waals surface area contributed by atoms with E-state index in [0.717, 1.165) is 29.2 Å². The molecule has 1 amide bonds. The van der Waals surface area contributed by atoms with Crippen LogP contribution in [0.2, 0.25) is 0 Å². The first-order valence-corrected chi connectivity index (χ1v) is 12.6. The average molecular weight is 460 g/mol. The Balaban J connectivity index is 1.58. The summed E-state index contributed by atoms with van der Waals surface area (Å²) in [5.41, 5.74) is 4.42. The van der Waals surface area contributed by atoms with E-state index in [1.165, 1.54) is 33.7 Å². The number of hydrogen-bond donors (Lipinski definition) is 2. The lowest BCUT2D eigenvalue weighted by atomic mass is 9.91. The maximum Gasteiger partial charge on any atom is 0.256 e. The molecule has 1 unspecified atom stereocenters. The zero-order valence-electron chi connectivity index (χ0n) is 17.9. The third-order valence-corrected chi connectivity index (χ3v) is 7.96. The first-order valence-electron chi connectivity index (χ1n) is 10.9. The van der Waals surface area contributed by atoms with Gasteiger partial charge in [0.05, 0.1) is 6.04 Å². The van der Waals surface area contributed by atoms with Crippen LogP contribution in [-0.4, -0.2) is 10.9 Å². The van der Waals surface area contributed by atoms with Crippen LogP contribution >= 0.6 is 22.7 Å².